The third kappa shape index (κ3) is 5.50. The van der Waals surface area contributed by atoms with E-state index in [0.717, 1.165) is 10.2 Å². The molecular formula is C13H21BrN2OS. The van der Waals surface area contributed by atoms with Crippen LogP contribution in [0.15, 0.2) is 15.9 Å². The Hall–Kier alpha value is -0.390. The van der Waals surface area contributed by atoms with Crippen LogP contribution in [0, 0.1) is 0 Å². The van der Waals surface area contributed by atoms with Gasteiger partial charge in [0.2, 0.25) is 5.91 Å². The van der Waals surface area contributed by atoms with Gasteiger partial charge in [-0.15, -0.1) is 11.3 Å². The number of hydrogen-bond donors (Lipinski definition) is 2. The molecule has 2 N–H and O–H groups in total. The highest BCUT2D eigenvalue weighted by atomic mass is 79.9. The molecule has 1 rings (SSSR count). The predicted octanol–water partition coefficient (Wildman–Crippen LogP) is 3.47. The van der Waals surface area contributed by atoms with Crippen molar-refractivity contribution in [1.29, 1.82) is 0 Å². The molecule has 18 heavy (non-hydrogen) atoms. The molecule has 0 fully saturated rings. The zero-order chi connectivity index (χ0) is 13.5. The molecule has 1 aromatic rings. The van der Waals surface area contributed by atoms with Crippen molar-refractivity contribution >= 4 is 33.2 Å². The first-order valence-electron chi connectivity index (χ1n) is 6.31. The molecule has 1 aromatic heterocycles. The first kappa shape index (κ1) is 15.7. The number of halogens is 1. The van der Waals surface area contributed by atoms with Gasteiger partial charge in [0, 0.05) is 29.9 Å². The molecule has 0 aliphatic rings. The van der Waals surface area contributed by atoms with Gasteiger partial charge in [-0.05, 0) is 48.3 Å². The maximum atomic E-state index is 11.6. The van der Waals surface area contributed by atoms with E-state index in [4.69, 9.17) is 0 Å². The lowest BCUT2D eigenvalue weighted by Crippen LogP contribution is -2.34. The fourth-order valence-electron chi connectivity index (χ4n) is 1.51. The fraction of sp³-hybridized carbons (Fsp3) is 0.615. The molecule has 0 saturated heterocycles. The summed E-state index contributed by atoms with van der Waals surface area (Å²) in [6.07, 6.45) is 1.50. The molecule has 0 saturated carbocycles. The average Bonchev–Trinajstić information content (AvgIpc) is 2.75. The van der Waals surface area contributed by atoms with Crippen molar-refractivity contribution < 1.29 is 4.79 Å². The van der Waals surface area contributed by atoms with Crippen molar-refractivity contribution in [3.8, 4) is 0 Å². The van der Waals surface area contributed by atoms with Gasteiger partial charge in [0.05, 0.1) is 3.79 Å². The van der Waals surface area contributed by atoms with Crippen molar-refractivity contribution in [2.24, 2.45) is 0 Å². The molecule has 1 heterocycles. The van der Waals surface area contributed by atoms with E-state index in [2.05, 4.69) is 46.5 Å². The van der Waals surface area contributed by atoms with Crippen molar-refractivity contribution in [2.45, 2.75) is 45.7 Å². The largest absolute Gasteiger partial charge is 0.354 e. The lowest BCUT2D eigenvalue weighted by Gasteiger charge is -2.14. The van der Waals surface area contributed by atoms with Gasteiger partial charge in [0.15, 0.2) is 0 Å². The number of carbonyl (C=O) groups excluding carboxylic acids is 1. The third-order valence-electron chi connectivity index (χ3n) is 2.84. The van der Waals surface area contributed by atoms with E-state index in [1.807, 2.05) is 13.0 Å². The molecule has 0 radical (unpaired) electrons. The molecule has 0 aliphatic heterocycles. The SMILES string of the molecule is CCC(C)NC(=O)CCNC(C)c1ccc(Br)s1. The summed E-state index contributed by atoms with van der Waals surface area (Å²) >= 11 is 5.18. The van der Waals surface area contributed by atoms with Crippen LogP contribution in [-0.4, -0.2) is 18.5 Å². The highest BCUT2D eigenvalue weighted by molar-refractivity contribution is 9.11. The fourth-order valence-corrected chi connectivity index (χ4v) is 2.96. The van der Waals surface area contributed by atoms with Crippen LogP contribution < -0.4 is 10.6 Å². The Labute approximate surface area is 121 Å². The number of carbonyl (C=O) groups is 1. The van der Waals surface area contributed by atoms with E-state index >= 15 is 0 Å². The van der Waals surface area contributed by atoms with Gasteiger partial charge < -0.3 is 10.6 Å². The minimum atomic E-state index is 0.122. The Morgan fingerprint density at radius 2 is 2.17 bits per heavy atom. The molecule has 102 valence electrons. The van der Waals surface area contributed by atoms with Crippen LogP contribution >= 0.6 is 27.3 Å². The molecule has 0 bridgehead atoms. The Balaban J connectivity index is 2.23. The van der Waals surface area contributed by atoms with E-state index in [0.29, 0.717) is 13.0 Å². The molecule has 2 atom stereocenters. The lowest BCUT2D eigenvalue weighted by atomic mass is 10.2. The predicted molar refractivity (Wildman–Crippen MR) is 80.9 cm³/mol. The van der Waals surface area contributed by atoms with Crippen LogP contribution in [-0.2, 0) is 4.79 Å². The number of nitrogens with one attached hydrogen (secondary N) is 2. The number of thiophene rings is 1. The summed E-state index contributed by atoms with van der Waals surface area (Å²) in [5, 5.41) is 6.33. The van der Waals surface area contributed by atoms with E-state index in [1.54, 1.807) is 11.3 Å². The molecule has 2 unspecified atom stereocenters. The van der Waals surface area contributed by atoms with Crippen LogP contribution in [0.4, 0.5) is 0 Å². The first-order chi connectivity index (χ1) is 8.52. The molecule has 0 spiro atoms. The van der Waals surface area contributed by atoms with Crippen LogP contribution in [0.3, 0.4) is 0 Å². The second kappa shape index (κ2) is 7.92. The van der Waals surface area contributed by atoms with Gasteiger partial charge in [-0.1, -0.05) is 6.92 Å². The summed E-state index contributed by atoms with van der Waals surface area (Å²) in [5.74, 6) is 0.122. The monoisotopic (exact) mass is 332 g/mol. The molecule has 1 amide bonds. The second-order valence-corrected chi connectivity index (χ2v) is 6.94. The Bertz CT molecular complexity index is 381. The number of rotatable bonds is 7. The summed E-state index contributed by atoms with van der Waals surface area (Å²) in [4.78, 5) is 12.9. The minimum absolute atomic E-state index is 0.122. The molecule has 0 aromatic carbocycles. The maximum absolute atomic E-state index is 11.6. The first-order valence-corrected chi connectivity index (χ1v) is 7.91. The van der Waals surface area contributed by atoms with Crippen molar-refractivity contribution in [2.75, 3.05) is 6.54 Å². The van der Waals surface area contributed by atoms with Crippen LogP contribution in [0.1, 0.15) is 44.5 Å². The minimum Gasteiger partial charge on any atom is -0.354 e. The van der Waals surface area contributed by atoms with Gasteiger partial charge in [0.1, 0.15) is 0 Å². The van der Waals surface area contributed by atoms with E-state index in [9.17, 15) is 4.79 Å². The molecule has 3 nitrogen and oxygen atoms in total. The standard InChI is InChI=1S/C13H21BrN2OS/c1-4-9(2)16-13(17)7-8-15-10(3)11-5-6-12(14)18-11/h5-6,9-10,15H,4,7-8H2,1-3H3,(H,16,17). The zero-order valence-electron chi connectivity index (χ0n) is 11.1. The zero-order valence-corrected chi connectivity index (χ0v) is 13.5. The second-order valence-electron chi connectivity index (χ2n) is 4.44. The van der Waals surface area contributed by atoms with Gasteiger partial charge in [0.25, 0.3) is 0 Å². The Kier molecular flexibility index (Phi) is 6.89. The highest BCUT2D eigenvalue weighted by Crippen LogP contribution is 2.26. The summed E-state index contributed by atoms with van der Waals surface area (Å²) in [7, 11) is 0. The van der Waals surface area contributed by atoms with Gasteiger partial charge in [-0.3, -0.25) is 4.79 Å². The summed E-state index contributed by atoms with van der Waals surface area (Å²) in [6.45, 7) is 6.92. The summed E-state index contributed by atoms with van der Waals surface area (Å²) in [6, 6.07) is 4.71. The van der Waals surface area contributed by atoms with Crippen molar-refractivity contribution in [3.63, 3.8) is 0 Å². The Morgan fingerprint density at radius 1 is 1.44 bits per heavy atom. The van der Waals surface area contributed by atoms with Crippen molar-refractivity contribution in [1.82, 2.24) is 10.6 Å². The van der Waals surface area contributed by atoms with Gasteiger partial charge in [-0.2, -0.15) is 0 Å². The normalized spacial score (nSPS) is 14.2. The van der Waals surface area contributed by atoms with E-state index in [1.165, 1.54) is 4.88 Å². The highest BCUT2D eigenvalue weighted by Gasteiger charge is 2.09. The number of hydrogen-bond acceptors (Lipinski definition) is 3. The van der Waals surface area contributed by atoms with Gasteiger partial charge >= 0.3 is 0 Å². The smallest absolute Gasteiger partial charge is 0.221 e. The third-order valence-corrected chi connectivity index (χ3v) is 4.65. The van der Waals surface area contributed by atoms with Crippen LogP contribution in [0.25, 0.3) is 0 Å². The number of amides is 1. The topological polar surface area (TPSA) is 41.1 Å². The quantitative estimate of drug-likeness (QED) is 0.802. The maximum Gasteiger partial charge on any atom is 0.221 e. The van der Waals surface area contributed by atoms with E-state index < -0.39 is 0 Å². The van der Waals surface area contributed by atoms with Crippen LogP contribution in [0.5, 0.6) is 0 Å². The van der Waals surface area contributed by atoms with Crippen LogP contribution in [0.2, 0.25) is 0 Å². The average molecular weight is 333 g/mol. The van der Waals surface area contributed by atoms with Gasteiger partial charge in [-0.25, -0.2) is 0 Å². The summed E-state index contributed by atoms with van der Waals surface area (Å²) < 4.78 is 1.14. The van der Waals surface area contributed by atoms with E-state index in [-0.39, 0.29) is 18.0 Å². The van der Waals surface area contributed by atoms with Crippen molar-refractivity contribution in [3.05, 3.63) is 20.8 Å². The summed E-state index contributed by atoms with van der Waals surface area (Å²) in [5.41, 5.74) is 0. The molecular weight excluding hydrogens is 312 g/mol. The molecule has 0 aliphatic carbocycles. The lowest BCUT2D eigenvalue weighted by molar-refractivity contribution is -0.121. The molecule has 5 heteroatoms. The Morgan fingerprint density at radius 3 is 2.72 bits per heavy atom.